The zero-order chi connectivity index (χ0) is 17.9. The fourth-order valence-electron chi connectivity index (χ4n) is 2.85. The van der Waals surface area contributed by atoms with E-state index in [4.69, 9.17) is 0 Å². The second-order valence-corrected chi connectivity index (χ2v) is 5.94. The SMILES string of the molecule is CN(CC1CCCC1O)C(=O)C(=O)Nc1ccccc1C(F)(F)F. The first-order valence-corrected chi connectivity index (χ1v) is 7.61. The van der Waals surface area contributed by atoms with Crippen LogP contribution >= 0.6 is 0 Å². The molecule has 1 fully saturated rings. The van der Waals surface area contributed by atoms with Gasteiger partial charge in [-0.05, 0) is 25.0 Å². The number of para-hydroxylation sites is 1. The van der Waals surface area contributed by atoms with Gasteiger partial charge in [0.15, 0.2) is 0 Å². The number of alkyl halides is 3. The zero-order valence-electron chi connectivity index (χ0n) is 13.1. The molecule has 0 spiro atoms. The molecule has 2 unspecified atom stereocenters. The number of anilines is 1. The van der Waals surface area contributed by atoms with Crippen molar-refractivity contribution in [1.82, 2.24) is 4.90 Å². The first-order valence-electron chi connectivity index (χ1n) is 7.61. The standard InChI is InChI=1S/C16H19F3N2O3/c1-21(9-10-5-4-8-13(10)22)15(24)14(23)20-12-7-3-2-6-11(12)16(17,18)19/h2-3,6-7,10,13,22H,4-5,8-9H2,1H3,(H,20,23). The van der Waals surface area contributed by atoms with E-state index in [0.29, 0.717) is 6.42 Å². The van der Waals surface area contributed by atoms with Crippen molar-refractivity contribution in [3.63, 3.8) is 0 Å². The van der Waals surface area contributed by atoms with Crippen LogP contribution in [0.2, 0.25) is 0 Å². The van der Waals surface area contributed by atoms with Gasteiger partial charge in [0.2, 0.25) is 0 Å². The van der Waals surface area contributed by atoms with Crippen LogP contribution in [0.15, 0.2) is 24.3 Å². The number of aliphatic hydroxyl groups excluding tert-OH is 1. The largest absolute Gasteiger partial charge is 0.418 e. The molecule has 1 saturated carbocycles. The highest BCUT2D eigenvalue weighted by molar-refractivity contribution is 6.39. The van der Waals surface area contributed by atoms with Crippen molar-refractivity contribution in [3.05, 3.63) is 29.8 Å². The number of aliphatic hydroxyl groups is 1. The van der Waals surface area contributed by atoms with Crippen LogP contribution in [0.3, 0.4) is 0 Å². The molecule has 0 bridgehead atoms. The van der Waals surface area contributed by atoms with Crippen molar-refractivity contribution in [2.45, 2.75) is 31.5 Å². The summed E-state index contributed by atoms with van der Waals surface area (Å²) in [7, 11) is 1.39. The normalized spacial score (nSPS) is 20.7. The van der Waals surface area contributed by atoms with Crippen LogP contribution < -0.4 is 5.32 Å². The van der Waals surface area contributed by atoms with Crippen molar-refractivity contribution >= 4 is 17.5 Å². The molecule has 0 heterocycles. The second-order valence-electron chi connectivity index (χ2n) is 5.94. The minimum absolute atomic E-state index is 0.116. The van der Waals surface area contributed by atoms with Gasteiger partial charge in [0.1, 0.15) is 0 Å². The quantitative estimate of drug-likeness (QED) is 0.827. The summed E-state index contributed by atoms with van der Waals surface area (Å²) in [5.74, 6) is -2.19. The molecule has 24 heavy (non-hydrogen) atoms. The van der Waals surface area contributed by atoms with Crippen molar-refractivity contribution in [1.29, 1.82) is 0 Å². The predicted molar refractivity (Wildman–Crippen MR) is 81.1 cm³/mol. The Morgan fingerprint density at radius 3 is 2.54 bits per heavy atom. The summed E-state index contributed by atoms with van der Waals surface area (Å²) in [5, 5.41) is 11.8. The fraction of sp³-hybridized carbons (Fsp3) is 0.500. The van der Waals surface area contributed by atoms with Gasteiger partial charge in [0.05, 0.1) is 17.4 Å². The van der Waals surface area contributed by atoms with E-state index in [1.54, 1.807) is 0 Å². The highest BCUT2D eigenvalue weighted by Crippen LogP contribution is 2.34. The van der Waals surface area contributed by atoms with Gasteiger partial charge in [-0.15, -0.1) is 0 Å². The average Bonchev–Trinajstić information content (AvgIpc) is 2.91. The first-order chi connectivity index (χ1) is 11.2. The maximum Gasteiger partial charge on any atom is 0.418 e. The molecule has 0 saturated heterocycles. The van der Waals surface area contributed by atoms with E-state index in [-0.39, 0.29) is 12.5 Å². The molecule has 2 atom stereocenters. The lowest BCUT2D eigenvalue weighted by Gasteiger charge is -2.23. The smallest absolute Gasteiger partial charge is 0.393 e. The Bertz CT molecular complexity index is 619. The van der Waals surface area contributed by atoms with Crippen molar-refractivity contribution in [2.24, 2.45) is 5.92 Å². The molecule has 0 aromatic heterocycles. The average molecular weight is 344 g/mol. The maximum atomic E-state index is 12.9. The van der Waals surface area contributed by atoms with Gasteiger partial charge >= 0.3 is 18.0 Å². The Morgan fingerprint density at radius 2 is 1.96 bits per heavy atom. The van der Waals surface area contributed by atoms with Crippen molar-refractivity contribution in [3.8, 4) is 0 Å². The molecule has 132 valence electrons. The molecule has 1 aromatic carbocycles. The van der Waals surface area contributed by atoms with Crippen molar-refractivity contribution < 1.29 is 27.9 Å². The molecule has 1 aliphatic carbocycles. The van der Waals surface area contributed by atoms with E-state index < -0.39 is 35.3 Å². The zero-order valence-corrected chi connectivity index (χ0v) is 13.1. The Labute approximate surface area is 137 Å². The second kappa shape index (κ2) is 7.21. The molecule has 0 radical (unpaired) electrons. The number of carbonyl (C=O) groups excluding carboxylic acids is 2. The number of rotatable bonds is 3. The van der Waals surface area contributed by atoms with E-state index in [1.165, 1.54) is 19.2 Å². The van der Waals surface area contributed by atoms with E-state index in [2.05, 4.69) is 0 Å². The van der Waals surface area contributed by atoms with Crippen LogP contribution in [0.4, 0.5) is 18.9 Å². The van der Waals surface area contributed by atoms with Crippen molar-refractivity contribution in [2.75, 3.05) is 18.9 Å². The summed E-state index contributed by atoms with van der Waals surface area (Å²) in [4.78, 5) is 25.1. The third-order valence-corrected chi connectivity index (χ3v) is 4.15. The van der Waals surface area contributed by atoms with Crippen LogP contribution in [0.5, 0.6) is 0 Å². The minimum Gasteiger partial charge on any atom is -0.393 e. The topological polar surface area (TPSA) is 69.6 Å². The van der Waals surface area contributed by atoms with E-state index in [1.807, 2.05) is 5.32 Å². The number of amides is 2. The molecule has 2 rings (SSSR count). The molecule has 1 aromatic rings. The number of carbonyl (C=O) groups is 2. The lowest BCUT2D eigenvalue weighted by Crippen LogP contribution is -2.41. The number of halogens is 3. The highest BCUT2D eigenvalue weighted by atomic mass is 19.4. The Hall–Kier alpha value is -2.09. The molecule has 0 aliphatic heterocycles. The first kappa shape index (κ1) is 18.3. The van der Waals surface area contributed by atoms with E-state index in [0.717, 1.165) is 29.9 Å². The summed E-state index contributed by atoms with van der Waals surface area (Å²) < 4.78 is 38.7. The van der Waals surface area contributed by atoms with E-state index in [9.17, 15) is 27.9 Å². The Morgan fingerprint density at radius 1 is 1.29 bits per heavy atom. The number of nitrogens with one attached hydrogen (secondary N) is 1. The molecular weight excluding hydrogens is 325 g/mol. The van der Waals surface area contributed by atoms with Gasteiger partial charge in [-0.3, -0.25) is 9.59 Å². The number of nitrogens with zero attached hydrogens (tertiary/aromatic N) is 1. The number of hydrogen-bond acceptors (Lipinski definition) is 3. The van der Waals surface area contributed by atoms with Gasteiger partial charge in [0, 0.05) is 19.5 Å². The molecule has 8 heteroatoms. The molecule has 2 N–H and O–H groups in total. The minimum atomic E-state index is -4.63. The Balaban J connectivity index is 2.03. The Kier molecular flexibility index (Phi) is 5.48. The third kappa shape index (κ3) is 4.25. The number of hydrogen-bond donors (Lipinski definition) is 2. The monoisotopic (exact) mass is 344 g/mol. The summed E-state index contributed by atoms with van der Waals surface area (Å²) in [6, 6.07) is 4.47. The molecule has 1 aliphatic rings. The maximum absolute atomic E-state index is 12.9. The number of likely N-dealkylation sites (N-methyl/N-ethyl adjacent to an activating group) is 1. The summed E-state index contributed by atoms with van der Waals surface area (Å²) in [5.41, 5.74) is -1.47. The molecule has 2 amide bonds. The lowest BCUT2D eigenvalue weighted by atomic mass is 10.1. The molecule has 5 nitrogen and oxygen atoms in total. The fourth-order valence-corrected chi connectivity index (χ4v) is 2.85. The summed E-state index contributed by atoms with van der Waals surface area (Å²) in [6.45, 7) is 0.189. The van der Waals surface area contributed by atoms with Gasteiger partial charge in [-0.2, -0.15) is 13.2 Å². The third-order valence-electron chi connectivity index (χ3n) is 4.15. The highest BCUT2D eigenvalue weighted by Gasteiger charge is 2.34. The van der Waals surface area contributed by atoms with E-state index >= 15 is 0 Å². The van der Waals surface area contributed by atoms with Gasteiger partial charge in [0.25, 0.3) is 0 Å². The van der Waals surface area contributed by atoms with Gasteiger partial charge in [-0.1, -0.05) is 18.6 Å². The van der Waals surface area contributed by atoms with Crippen LogP contribution in [0, 0.1) is 5.92 Å². The molecular formula is C16H19F3N2O3. The van der Waals surface area contributed by atoms with Crippen LogP contribution in [-0.4, -0.2) is 41.5 Å². The predicted octanol–water partition coefficient (Wildman–Crippen LogP) is 2.26. The number of benzene rings is 1. The lowest BCUT2D eigenvalue weighted by molar-refractivity contribution is -0.143. The summed E-state index contributed by atoms with van der Waals surface area (Å²) >= 11 is 0. The van der Waals surface area contributed by atoms with Crippen LogP contribution in [-0.2, 0) is 15.8 Å². The van der Waals surface area contributed by atoms with Crippen LogP contribution in [0.1, 0.15) is 24.8 Å². The summed E-state index contributed by atoms with van der Waals surface area (Å²) in [6.07, 6.45) is -2.91. The van der Waals surface area contributed by atoms with Crippen LogP contribution in [0.25, 0.3) is 0 Å². The van der Waals surface area contributed by atoms with Gasteiger partial charge in [-0.25, -0.2) is 0 Å². The van der Waals surface area contributed by atoms with Gasteiger partial charge < -0.3 is 15.3 Å².